The molecule has 0 spiro atoms. The molecule has 1 unspecified atom stereocenters. The molecule has 2 aromatic heterocycles. The fourth-order valence-electron chi connectivity index (χ4n) is 5.49. The van der Waals surface area contributed by atoms with Crippen LogP contribution in [0.3, 0.4) is 0 Å². The lowest BCUT2D eigenvalue weighted by molar-refractivity contribution is 0.161. The standard InChI is InChI=1S/C26H36N6/c1-4-14-32(22-11-5-8-20-9-7-13-27-25(20)22)19-24-28-21-10-6-12-23(26(21)30(24)3)31-17-15-29(2)16-18-31/h6-7,9-10,12-13,22H,4-5,8,11,14-19H2,1-3H3. The van der Waals surface area contributed by atoms with E-state index in [0.29, 0.717) is 6.04 Å². The minimum absolute atomic E-state index is 0.386. The first-order valence-electron chi connectivity index (χ1n) is 12.2. The SMILES string of the molecule is CCCN(Cc1nc2cccc(N3CCN(C)CC3)c2n1C)C1CCCc2cccnc21. The summed E-state index contributed by atoms with van der Waals surface area (Å²) < 4.78 is 2.34. The van der Waals surface area contributed by atoms with Gasteiger partial charge in [-0.2, -0.15) is 0 Å². The predicted octanol–water partition coefficient (Wildman–Crippen LogP) is 4.01. The zero-order valence-corrected chi connectivity index (χ0v) is 19.8. The summed E-state index contributed by atoms with van der Waals surface area (Å²) in [4.78, 5) is 17.5. The van der Waals surface area contributed by atoms with Gasteiger partial charge in [0.15, 0.2) is 0 Å². The predicted molar refractivity (Wildman–Crippen MR) is 131 cm³/mol. The van der Waals surface area contributed by atoms with E-state index in [-0.39, 0.29) is 0 Å². The number of hydrogen-bond donors (Lipinski definition) is 0. The van der Waals surface area contributed by atoms with Gasteiger partial charge in [0.2, 0.25) is 0 Å². The van der Waals surface area contributed by atoms with Gasteiger partial charge in [0, 0.05) is 39.4 Å². The van der Waals surface area contributed by atoms with Crippen molar-refractivity contribution < 1.29 is 0 Å². The summed E-state index contributed by atoms with van der Waals surface area (Å²) in [7, 11) is 4.40. The lowest BCUT2D eigenvalue weighted by atomic mass is 9.90. The summed E-state index contributed by atoms with van der Waals surface area (Å²) in [6.45, 7) is 8.57. The average Bonchev–Trinajstić information content (AvgIpc) is 3.14. The zero-order valence-electron chi connectivity index (χ0n) is 19.8. The van der Waals surface area contributed by atoms with E-state index in [1.165, 1.54) is 35.3 Å². The fourth-order valence-corrected chi connectivity index (χ4v) is 5.49. The minimum atomic E-state index is 0.386. The number of anilines is 1. The Bertz CT molecular complexity index is 1070. The highest BCUT2D eigenvalue weighted by atomic mass is 15.3. The first-order chi connectivity index (χ1) is 15.7. The molecule has 170 valence electrons. The molecule has 0 radical (unpaired) electrons. The Kier molecular flexibility index (Phi) is 6.15. The number of piperazine rings is 1. The van der Waals surface area contributed by atoms with Crippen molar-refractivity contribution in [3.8, 4) is 0 Å². The highest BCUT2D eigenvalue weighted by molar-refractivity contribution is 5.89. The summed E-state index contributed by atoms with van der Waals surface area (Å²) in [5.41, 5.74) is 6.41. The molecule has 0 N–H and O–H groups in total. The van der Waals surface area contributed by atoms with Crippen LogP contribution in [0, 0.1) is 0 Å². The van der Waals surface area contributed by atoms with Gasteiger partial charge in [0.1, 0.15) is 5.82 Å². The molecule has 1 aliphatic heterocycles. The quantitative estimate of drug-likeness (QED) is 0.589. The Morgan fingerprint density at radius 3 is 2.72 bits per heavy atom. The van der Waals surface area contributed by atoms with E-state index >= 15 is 0 Å². The molecule has 0 amide bonds. The van der Waals surface area contributed by atoms with Gasteiger partial charge in [-0.3, -0.25) is 9.88 Å². The first-order valence-corrected chi connectivity index (χ1v) is 12.2. The van der Waals surface area contributed by atoms with Crippen LogP contribution in [0.15, 0.2) is 36.5 Å². The second-order valence-electron chi connectivity index (χ2n) is 9.45. The van der Waals surface area contributed by atoms with Crippen LogP contribution in [0.4, 0.5) is 5.69 Å². The van der Waals surface area contributed by atoms with E-state index in [4.69, 9.17) is 9.97 Å². The van der Waals surface area contributed by atoms with Gasteiger partial charge in [-0.15, -0.1) is 0 Å². The normalized spacial score (nSPS) is 19.6. The lowest BCUT2D eigenvalue weighted by Crippen LogP contribution is -2.44. The number of benzene rings is 1. The van der Waals surface area contributed by atoms with Gasteiger partial charge in [-0.05, 0) is 63.0 Å². The third kappa shape index (κ3) is 4.02. The van der Waals surface area contributed by atoms with Crippen LogP contribution in [0.1, 0.15) is 49.3 Å². The molecule has 6 nitrogen and oxygen atoms in total. The second-order valence-corrected chi connectivity index (χ2v) is 9.45. The number of rotatable bonds is 6. The molecule has 1 aliphatic carbocycles. The zero-order chi connectivity index (χ0) is 22.1. The molecule has 5 rings (SSSR count). The van der Waals surface area contributed by atoms with E-state index < -0.39 is 0 Å². The van der Waals surface area contributed by atoms with Crippen molar-refractivity contribution >= 4 is 16.7 Å². The molecular formula is C26H36N6. The summed E-state index contributed by atoms with van der Waals surface area (Å²) in [6.07, 6.45) is 6.66. The van der Waals surface area contributed by atoms with Crippen molar-refractivity contribution in [2.24, 2.45) is 7.05 Å². The average molecular weight is 433 g/mol. The number of fused-ring (bicyclic) bond motifs is 2. The summed E-state index contributed by atoms with van der Waals surface area (Å²) in [5, 5.41) is 0. The lowest BCUT2D eigenvalue weighted by Gasteiger charge is -2.35. The van der Waals surface area contributed by atoms with Crippen LogP contribution in [0.25, 0.3) is 11.0 Å². The van der Waals surface area contributed by atoms with Crippen LogP contribution in [0.2, 0.25) is 0 Å². The number of imidazole rings is 1. The molecule has 0 saturated carbocycles. The van der Waals surface area contributed by atoms with Crippen molar-refractivity contribution in [1.29, 1.82) is 0 Å². The monoisotopic (exact) mass is 432 g/mol. The van der Waals surface area contributed by atoms with Crippen molar-refractivity contribution in [2.75, 3.05) is 44.7 Å². The maximum atomic E-state index is 5.12. The van der Waals surface area contributed by atoms with Gasteiger partial charge >= 0.3 is 0 Å². The molecule has 1 saturated heterocycles. The molecule has 0 bridgehead atoms. The van der Waals surface area contributed by atoms with Gasteiger partial charge in [0.05, 0.1) is 35.0 Å². The molecule has 3 heterocycles. The van der Waals surface area contributed by atoms with E-state index in [0.717, 1.165) is 63.5 Å². The Hall–Kier alpha value is -2.44. The van der Waals surface area contributed by atoms with E-state index in [1.807, 2.05) is 6.20 Å². The number of aromatic nitrogens is 3. The third-order valence-electron chi connectivity index (χ3n) is 7.27. The summed E-state index contributed by atoms with van der Waals surface area (Å²) in [6, 6.07) is 11.3. The van der Waals surface area contributed by atoms with Crippen molar-refractivity contribution in [3.63, 3.8) is 0 Å². The van der Waals surface area contributed by atoms with E-state index in [9.17, 15) is 0 Å². The number of hydrogen-bond acceptors (Lipinski definition) is 5. The number of pyridine rings is 1. The van der Waals surface area contributed by atoms with Crippen molar-refractivity contribution in [1.82, 2.24) is 24.3 Å². The topological polar surface area (TPSA) is 40.4 Å². The first kappa shape index (κ1) is 21.4. The molecule has 1 atom stereocenters. The summed E-state index contributed by atoms with van der Waals surface area (Å²) in [5.74, 6) is 1.15. The van der Waals surface area contributed by atoms with E-state index in [2.05, 4.69) is 70.6 Å². The minimum Gasteiger partial charge on any atom is -0.367 e. The second kappa shape index (κ2) is 9.20. The van der Waals surface area contributed by atoms with Crippen LogP contribution in [0.5, 0.6) is 0 Å². The van der Waals surface area contributed by atoms with Gasteiger partial charge in [-0.1, -0.05) is 19.1 Å². The molecule has 6 heteroatoms. The Balaban J connectivity index is 1.47. The van der Waals surface area contributed by atoms with Crippen LogP contribution >= 0.6 is 0 Å². The van der Waals surface area contributed by atoms with Crippen LogP contribution in [-0.2, 0) is 20.0 Å². The van der Waals surface area contributed by atoms with Gasteiger partial charge in [-0.25, -0.2) is 4.98 Å². The summed E-state index contributed by atoms with van der Waals surface area (Å²) >= 11 is 0. The Labute approximate surface area is 191 Å². The number of nitrogens with zero attached hydrogens (tertiary/aromatic N) is 6. The molecular weight excluding hydrogens is 396 g/mol. The largest absolute Gasteiger partial charge is 0.367 e. The van der Waals surface area contributed by atoms with Gasteiger partial charge < -0.3 is 14.4 Å². The van der Waals surface area contributed by atoms with Crippen molar-refractivity contribution in [3.05, 3.63) is 53.6 Å². The molecule has 2 aliphatic rings. The highest BCUT2D eigenvalue weighted by Gasteiger charge is 2.28. The number of para-hydroxylation sites is 1. The maximum Gasteiger partial charge on any atom is 0.123 e. The maximum absolute atomic E-state index is 5.12. The smallest absolute Gasteiger partial charge is 0.123 e. The molecule has 32 heavy (non-hydrogen) atoms. The van der Waals surface area contributed by atoms with E-state index in [1.54, 1.807) is 0 Å². The molecule has 3 aromatic rings. The van der Waals surface area contributed by atoms with Gasteiger partial charge in [0.25, 0.3) is 0 Å². The number of aryl methyl sites for hydroxylation is 2. The molecule has 1 aromatic carbocycles. The molecule has 1 fully saturated rings. The van der Waals surface area contributed by atoms with Crippen LogP contribution in [-0.4, -0.2) is 64.1 Å². The number of likely N-dealkylation sites (N-methyl/N-ethyl adjacent to an activating group) is 1. The highest BCUT2D eigenvalue weighted by Crippen LogP contribution is 2.35. The van der Waals surface area contributed by atoms with Crippen LogP contribution < -0.4 is 4.90 Å². The Morgan fingerprint density at radius 1 is 1.06 bits per heavy atom. The Morgan fingerprint density at radius 2 is 1.91 bits per heavy atom. The fraction of sp³-hybridized carbons (Fsp3) is 0.538. The van der Waals surface area contributed by atoms with Crippen molar-refractivity contribution in [2.45, 2.75) is 45.2 Å². The third-order valence-corrected chi connectivity index (χ3v) is 7.27.